The summed E-state index contributed by atoms with van der Waals surface area (Å²) < 4.78 is 0. The Balaban J connectivity index is 1.60. The van der Waals surface area contributed by atoms with Crippen molar-refractivity contribution in [1.29, 1.82) is 0 Å². The fraction of sp³-hybridized carbons (Fsp3) is 0.750. The summed E-state index contributed by atoms with van der Waals surface area (Å²) in [6.45, 7) is 6.66. The largest absolute Gasteiger partial charge is 0.383 e. The number of anilines is 2. The first-order valence-electron chi connectivity index (χ1n) is 8.35. The molecule has 0 bridgehead atoms. The molecule has 5 nitrogen and oxygen atoms in total. The lowest BCUT2D eigenvalue weighted by atomic mass is 9.99. The molecule has 2 N–H and O–H groups in total. The molecule has 1 aromatic rings. The summed E-state index contributed by atoms with van der Waals surface area (Å²) in [6.07, 6.45) is 6.50. The number of nitrogens with two attached hydrogens (primary N) is 1. The van der Waals surface area contributed by atoms with Gasteiger partial charge >= 0.3 is 0 Å². The number of piperidine rings is 1. The summed E-state index contributed by atoms with van der Waals surface area (Å²) in [7, 11) is 0. The van der Waals surface area contributed by atoms with Crippen LogP contribution in [-0.2, 0) is 0 Å². The standard InChI is InChI=1S/C16H25N5/c1-11-14(17)18-15(12-5-6-12)19-16(11)21-9-8-20-7-3-2-4-13(20)10-21/h12-13H,2-10H2,1H3,(H2,17,18,19). The Morgan fingerprint density at radius 1 is 1.05 bits per heavy atom. The van der Waals surface area contributed by atoms with Crippen LogP contribution in [0, 0.1) is 6.92 Å². The highest BCUT2D eigenvalue weighted by molar-refractivity contribution is 5.57. The van der Waals surface area contributed by atoms with Gasteiger partial charge in [0.1, 0.15) is 17.5 Å². The Morgan fingerprint density at radius 2 is 1.90 bits per heavy atom. The Morgan fingerprint density at radius 3 is 2.71 bits per heavy atom. The fourth-order valence-corrected chi connectivity index (χ4v) is 3.72. The molecular weight excluding hydrogens is 262 g/mol. The third kappa shape index (κ3) is 2.48. The summed E-state index contributed by atoms with van der Waals surface area (Å²) >= 11 is 0. The Bertz CT molecular complexity index is 540. The molecule has 1 unspecified atom stereocenters. The first kappa shape index (κ1) is 13.3. The lowest BCUT2D eigenvalue weighted by molar-refractivity contribution is 0.133. The zero-order valence-corrected chi connectivity index (χ0v) is 12.9. The molecule has 1 aromatic heterocycles. The van der Waals surface area contributed by atoms with Gasteiger partial charge in [-0.05, 0) is 39.2 Å². The zero-order valence-electron chi connectivity index (χ0n) is 12.9. The smallest absolute Gasteiger partial charge is 0.137 e. The maximum absolute atomic E-state index is 6.14. The highest BCUT2D eigenvalue weighted by Gasteiger charge is 2.32. The van der Waals surface area contributed by atoms with Crippen molar-refractivity contribution in [2.45, 2.75) is 51.0 Å². The molecule has 3 heterocycles. The van der Waals surface area contributed by atoms with E-state index in [2.05, 4.69) is 21.7 Å². The number of piperazine rings is 1. The van der Waals surface area contributed by atoms with Gasteiger partial charge in [0.25, 0.3) is 0 Å². The second-order valence-electron chi connectivity index (χ2n) is 6.82. The summed E-state index contributed by atoms with van der Waals surface area (Å²) in [5, 5.41) is 0. The molecule has 5 heteroatoms. The first-order chi connectivity index (χ1) is 10.2. The number of fused-ring (bicyclic) bond motifs is 1. The predicted octanol–water partition coefficient (Wildman–Crippen LogP) is 1.92. The van der Waals surface area contributed by atoms with Crippen LogP contribution in [0.4, 0.5) is 11.6 Å². The van der Waals surface area contributed by atoms with E-state index in [1.165, 1.54) is 38.6 Å². The molecule has 2 saturated heterocycles. The predicted molar refractivity (Wildman–Crippen MR) is 84.6 cm³/mol. The fourth-order valence-electron chi connectivity index (χ4n) is 3.72. The van der Waals surface area contributed by atoms with Gasteiger partial charge < -0.3 is 10.6 Å². The first-order valence-corrected chi connectivity index (χ1v) is 8.35. The molecule has 21 heavy (non-hydrogen) atoms. The second-order valence-corrected chi connectivity index (χ2v) is 6.82. The molecule has 0 amide bonds. The SMILES string of the molecule is Cc1c(N)nc(C2CC2)nc1N1CCN2CCCCC2C1. The topological polar surface area (TPSA) is 58.3 Å². The van der Waals surface area contributed by atoms with Crippen molar-refractivity contribution in [1.82, 2.24) is 14.9 Å². The van der Waals surface area contributed by atoms with Crippen LogP contribution in [0.5, 0.6) is 0 Å². The molecule has 3 aliphatic rings. The van der Waals surface area contributed by atoms with E-state index < -0.39 is 0 Å². The summed E-state index contributed by atoms with van der Waals surface area (Å²) in [5.74, 6) is 3.30. The van der Waals surface area contributed by atoms with Gasteiger partial charge in [0.05, 0.1) is 0 Å². The molecule has 1 saturated carbocycles. The molecule has 0 radical (unpaired) electrons. The van der Waals surface area contributed by atoms with Gasteiger partial charge in [-0.15, -0.1) is 0 Å². The quantitative estimate of drug-likeness (QED) is 0.900. The summed E-state index contributed by atoms with van der Waals surface area (Å²) in [5.41, 5.74) is 7.20. The van der Waals surface area contributed by atoms with Crippen LogP contribution in [0.2, 0.25) is 0 Å². The van der Waals surface area contributed by atoms with E-state index in [4.69, 9.17) is 10.7 Å². The third-order valence-electron chi connectivity index (χ3n) is 5.25. The minimum Gasteiger partial charge on any atom is -0.383 e. The average Bonchev–Trinajstić information content (AvgIpc) is 3.34. The maximum Gasteiger partial charge on any atom is 0.137 e. The van der Waals surface area contributed by atoms with Crippen molar-refractivity contribution in [3.8, 4) is 0 Å². The van der Waals surface area contributed by atoms with Crippen molar-refractivity contribution in [3.63, 3.8) is 0 Å². The molecule has 0 spiro atoms. The average molecular weight is 287 g/mol. The Labute approximate surface area is 126 Å². The van der Waals surface area contributed by atoms with E-state index in [0.29, 0.717) is 17.8 Å². The van der Waals surface area contributed by atoms with E-state index in [9.17, 15) is 0 Å². The van der Waals surface area contributed by atoms with Crippen molar-refractivity contribution in [3.05, 3.63) is 11.4 Å². The van der Waals surface area contributed by atoms with Crippen molar-refractivity contribution in [2.75, 3.05) is 36.8 Å². The molecule has 1 atom stereocenters. The van der Waals surface area contributed by atoms with E-state index in [1.807, 2.05) is 0 Å². The van der Waals surface area contributed by atoms with Gasteiger partial charge in [-0.2, -0.15) is 0 Å². The Kier molecular flexibility index (Phi) is 3.25. The van der Waals surface area contributed by atoms with Crippen LogP contribution in [0.15, 0.2) is 0 Å². The van der Waals surface area contributed by atoms with Crippen LogP contribution < -0.4 is 10.6 Å². The van der Waals surface area contributed by atoms with Gasteiger partial charge in [0.2, 0.25) is 0 Å². The summed E-state index contributed by atoms with van der Waals surface area (Å²) in [6, 6.07) is 0.701. The number of rotatable bonds is 2. The number of nitrogen functional groups attached to an aromatic ring is 1. The van der Waals surface area contributed by atoms with Gasteiger partial charge in [-0.3, -0.25) is 4.90 Å². The van der Waals surface area contributed by atoms with Crippen molar-refractivity contribution < 1.29 is 0 Å². The molecule has 4 rings (SSSR count). The number of aromatic nitrogens is 2. The zero-order chi connectivity index (χ0) is 14.4. The van der Waals surface area contributed by atoms with E-state index in [-0.39, 0.29) is 0 Å². The van der Waals surface area contributed by atoms with Crippen LogP contribution in [0.3, 0.4) is 0 Å². The van der Waals surface area contributed by atoms with Crippen LogP contribution >= 0.6 is 0 Å². The van der Waals surface area contributed by atoms with Crippen LogP contribution in [0.25, 0.3) is 0 Å². The van der Waals surface area contributed by atoms with Gasteiger partial charge in [0, 0.05) is 37.2 Å². The molecule has 2 aliphatic heterocycles. The maximum atomic E-state index is 6.14. The summed E-state index contributed by atoms with van der Waals surface area (Å²) in [4.78, 5) is 14.5. The minimum atomic E-state index is 0.558. The molecule has 3 fully saturated rings. The van der Waals surface area contributed by atoms with E-state index >= 15 is 0 Å². The van der Waals surface area contributed by atoms with Crippen molar-refractivity contribution >= 4 is 11.6 Å². The Hall–Kier alpha value is -1.36. The highest BCUT2D eigenvalue weighted by atomic mass is 15.3. The lowest BCUT2D eigenvalue weighted by Gasteiger charge is -2.44. The highest BCUT2D eigenvalue weighted by Crippen LogP contribution is 2.40. The normalized spacial score (nSPS) is 26.7. The molecular formula is C16H25N5. The lowest BCUT2D eigenvalue weighted by Crippen LogP contribution is -2.55. The van der Waals surface area contributed by atoms with Crippen LogP contribution in [0.1, 0.15) is 49.4 Å². The van der Waals surface area contributed by atoms with Gasteiger partial charge in [0.15, 0.2) is 0 Å². The monoisotopic (exact) mass is 287 g/mol. The third-order valence-corrected chi connectivity index (χ3v) is 5.25. The number of hydrogen-bond acceptors (Lipinski definition) is 5. The van der Waals surface area contributed by atoms with Crippen LogP contribution in [-0.4, -0.2) is 47.1 Å². The second kappa shape index (κ2) is 5.13. The number of hydrogen-bond donors (Lipinski definition) is 1. The van der Waals surface area contributed by atoms with Gasteiger partial charge in [-0.1, -0.05) is 6.42 Å². The van der Waals surface area contributed by atoms with Crippen molar-refractivity contribution in [2.24, 2.45) is 0 Å². The van der Waals surface area contributed by atoms with E-state index in [0.717, 1.165) is 36.8 Å². The van der Waals surface area contributed by atoms with Gasteiger partial charge in [-0.25, -0.2) is 9.97 Å². The molecule has 1 aliphatic carbocycles. The minimum absolute atomic E-state index is 0.558. The number of nitrogens with zero attached hydrogens (tertiary/aromatic N) is 4. The molecule has 114 valence electrons. The molecule has 0 aromatic carbocycles. The van der Waals surface area contributed by atoms with E-state index in [1.54, 1.807) is 0 Å².